The number of nitrogens with two attached hydrogens (primary N) is 1. The first-order chi connectivity index (χ1) is 6.44. The van der Waals surface area contributed by atoms with Gasteiger partial charge in [-0.25, -0.2) is 0 Å². The quantitative estimate of drug-likeness (QED) is 0.752. The van der Waals surface area contributed by atoms with Crippen LogP contribution in [0.25, 0.3) is 0 Å². The van der Waals surface area contributed by atoms with Crippen molar-refractivity contribution in [2.75, 3.05) is 6.61 Å². The molecule has 0 aliphatic heterocycles. The van der Waals surface area contributed by atoms with Crippen molar-refractivity contribution in [2.45, 2.75) is 38.8 Å². The average Bonchev–Trinajstić information content (AvgIpc) is 2.51. The lowest BCUT2D eigenvalue weighted by Crippen LogP contribution is -2.42. The van der Waals surface area contributed by atoms with Gasteiger partial charge in [-0.05, 0) is 32.8 Å². The average molecular weight is 197 g/mol. The highest BCUT2D eigenvalue weighted by molar-refractivity contribution is 5.00. The van der Waals surface area contributed by atoms with Gasteiger partial charge >= 0.3 is 0 Å². The fraction of sp³-hybridized carbons (Fsp3) is 0.700. The Morgan fingerprint density at radius 2 is 2.36 bits per heavy atom. The van der Waals surface area contributed by atoms with Gasteiger partial charge in [-0.1, -0.05) is 0 Å². The number of hydrogen-bond acceptors (Lipinski definition) is 3. The van der Waals surface area contributed by atoms with Crippen molar-refractivity contribution in [3.05, 3.63) is 18.0 Å². The number of aliphatic hydroxyl groups excluding tert-OH is 1. The van der Waals surface area contributed by atoms with E-state index in [-0.39, 0.29) is 12.6 Å². The number of aromatic nitrogens is 2. The van der Waals surface area contributed by atoms with E-state index in [2.05, 4.69) is 5.10 Å². The Kier molecular flexibility index (Phi) is 3.29. The van der Waals surface area contributed by atoms with Crippen molar-refractivity contribution in [3.8, 4) is 0 Å². The summed E-state index contributed by atoms with van der Waals surface area (Å²) in [6.45, 7) is 5.90. The molecule has 4 nitrogen and oxygen atoms in total. The summed E-state index contributed by atoms with van der Waals surface area (Å²) in [7, 11) is 0. The normalized spacial score (nSPS) is 17.8. The molecule has 80 valence electrons. The topological polar surface area (TPSA) is 64.1 Å². The maximum Gasteiger partial charge on any atom is 0.0609 e. The van der Waals surface area contributed by atoms with Crippen molar-refractivity contribution < 1.29 is 5.11 Å². The molecule has 0 bridgehead atoms. The predicted octanol–water partition coefficient (Wildman–Crippen LogP) is 0.852. The van der Waals surface area contributed by atoms with Crippen molar-refractivity contribution >= 4 is 0 Å². The van der Waals surface area contributed by atoms with E-state index >= 15 is 0 Å². The number of rotatable bonds is 4. The molecule has 1 aromatic heterocycles. The molecule has 0 fully saturated rings. The zero-order chi connectivity index (χ0) is 10.8. The standard InChI is InChI=1S/C10H19N3O/c1-8-5-12-13(6-8)9(2)4-10(3,11)7-14/h5-6,9,14H,4,7,11H2,1-3H3. The van der Waals surface area contributed by atoms with Crippen LogP contribution in [0.1, 0.15) is 31.9 Å². The molecule has 3 N–H and O–H groups in total. The highest BCUT2D eigenvalue weighted by Gasteiger charge is 2.21. The van der Waals surface area contributed by atoms with Gasteiger partial charge < -0.3 is 10.8 Å². The van der Waals surface area contributed by atoms with Gasteiger partial charge in [0.2, 0.25) is 0 Å². The summed E-state index contributed by atoms with van der Waals surface area (Å²) in [5.41, 5.74) is 6.48. The van der Waals surface area contributed by atoms with Gasteiger partial charge in [-0.2, -0.15) is 5.10 Å². The van der Waals surface area contributed by atoms with Crippen molar-refractivity contribution in [1.29, 1.82) is 0 Å². The van der Waals surface area contributed by atoms with E-state index in [9.17, 15) is 0 Å². The van der Waals surface area contributed by atoms with Gasteiger partial charge in [0.15, 0.2) is 0 Å². The summed E-state index contributed by atoms with van der Waals surface area (Å²) in [5, 5.41) is 13.3. The van der Waals surface area contributed by atoms with Gasteiger partial charge in [0, 0.05) is 11.7 Å². The van der Waals surface area contributed by atoms with Crippen molar-refractivity contribution in [2.24, 2.45) is 5.73 Å². The lowest BCUT2D eigenvalue weighted by atomic mass is 9.96. The molecule has 4 heteroatoms. The molecule has 1 heterocycles. The molecule has 1 rings (SSSR count). The number of hydrogen-bond donors (Lipinski definition) is 2. The number of nitrogens with zero attached hydrogens (tertiary/aromatic N) is 2. The van der Waals surface area contributed by atoms with E-state index in [0.29, 0.717) is 6.42 Å². The van der Waals surface area contributed by atoms with Crippen LogP contribution in [0.3, 0.4) is 0 Å². The fourth-order valence-electron chi connectivity index (χ4n) is 1.51. The highest BCUT2D eigenvalue weighted by atomic mass is 16.3. The summed E-state index contributed by atoms with van der Waals surface area (Å²) < 4.78 is 1.89. The van der Waals surface area contributed by atoms with E-state index < -0.39 is 5.54 Å². The first-order valence-electron chi connectivity index (χ1n) is 4.85. The molecule has 0 saturated heterocycles. The maximum absolute atomic E-state index is 9.04. The summed E-state index contributed by atoms with van der Waals surface area (Å²) >= 11 is 0. The van der Waals surface area contributed by atoms with Crippen LogP contribution >= 0.6 is 0 Å². The third-order valence-corrected chi connectivity index (χ3v) is 2.31. The number of aliphatic hydroxyl groups is 1. The van der Waals surface area contributed by atoms with Gasteiger partial charge in [0.1, 0.15) is 0 Å². The Morgan fingerprint density at radius 1 is 1.71 bits per heavy atom. The zero-order valence-corrected chi connectivity index (χ0v) is 9.07. The van der Waals surface area contributed by atoms with Crippen LogP contribution in [0.2, 0.25) is 0 Å². The van der Waals surface area contributed by atoms with Crippen LogP contribution in [0.15, 0.2) is 12.4 Å². The molecule has 0 saturated carbocycles. The van der Waals surface area contributed by atoms with Crippen LogP contribution in [0, 0.1) is 6.92 Å². The summed E-state index contributed by atoms with van der Waals surface area (Å²) in [6.07, 6.45) is 4.52. The van der Waals surface area contributed by atoms with Crippen LogP contribution in [0.4, 0.5) is 0 Å². The second kappa shape index (κ2) is 4.11. The van der Waals surface area contributed by atoms with Crippen LogP contribution in [-0.2, 0) is 0 Å². The second-order valence-corrected chi connectivity index (χ2v) is 4.36. The molecule has 1 aromatic rings. The molecule has 2 unspecified atom stereocenters. The third-order valence-electron chi connectivity index (χ3n) is 2.31. The molecule has 2 atom stereocenters. The first-order valence-corrected chi connectivity index (χ1v) is 4.85. The van der Waals surface area contributed by atoms with E-state index in [1.807, 2.05) is 37.8 Å². The Balaban J connectivity index is 2.63. The fourth-order valence-corrected chi connectivity index (χ4v) is 1.51. The van der Waals surface area contributed by atoms with Crippen LogP contribution in [0.5, 0.6) is 0 Å². The van der Waals surface area contributed by atoms with E-state index in [4.69, 9.17) is 10.8 Å². The summed E-state index contributed by atoms with van der Waals surface area (Å²) in [6, 6.07) is 0.214. The molecule has 0 aromatic carbocycles. The van der Waals surface area contributed by atoms with Gasteiger partial charge in [-0.3, -0.25) is 4.68 Å². The van der Waals surface area contributed by atoms with Crippen LogP contribution < -0.4 is 5.73 Å². The van der Waals surface area contributed by atoms with Crippen molar-refractivity contribution in [3.63, 3.8) is 0 Å². The van der Waals surface area contributed by atoms with Gasteiger partial charge in [0.05, 0.1) is 18.8 Å². The molecule has 0 amide bonds. The van der Waals surface area contributed by atoms with E-state index in [1.54, 1.807) is 0 Å². The maximum atomic E-state index is 9.04. The Bertz CT molecular complexity index is 293. The van der Waals surface area contributed by atoms with Crippen molar-refractivity contribution in [1.82, 2.24) is 9.78 Å². The zero-order valence-electron chi connectivity index (χ0n) is 9.07. The minimum absolute atomic E-state index is 0.00239. The lowest BCUT2D eigenvalue weighted by molar-refractivity contribution is 0.182. The predicted molar refractivity (Wildman–Crippen MR) is 56.0 cm³/mol. The number of aryl methyl sites for hydroxylation is 1. The summed E-state index contributed by atoms with van der Waals surface area (Å²) in [4.78, 5) is 0. The Labute approximate surface area is 84.7 Å². The van der Waals surface area contributed by atoms with Crippen LogP contribution in [-0.4, -0.2) is 27.0 Å². The smallest absolute Gasteiger partial charge is 0.0609 e. The van der Waals surface area contributed by atoms with E-state index in [0.717, 1.165) is 5.56 Å². The second-order valence-electron chi connectivity index (χ2n) is 4.36. The lowest BCUT2D eigenvalue weighted by Gasteiger charge is -2.25. The van der Waals surface area contributed by atoms with Gasteiger partial charge in [0.25, 0.3) is 0 Å². The Morgan fingerprint density at radius 3 is 2.79 bits per heavy atom. The SMILES string of the molecule is Cc1cnn(C(C)CC(C)(N)CO)c1. The molecule has 0 aliphatic rings. The third kappa shape index (κ3) is 2.82. The molecular formula is C10H19N3O. The highest BCUT2D eigenvalue weighted by Crippen LogP contribution is 2.17. The minimum atomic E-state index is -0.529. The Hall–Kier alpha value is -0.870. The van der Waals surface area contributed by atoms with Gasteiger partial charge in [-0.15, -0.1) is 0 Å². The molecule has 14 heavy (non-hydrogen) atoms. The van der Waals surface area contributed by atoms with E-state index in [1.165, 1.54) is 0 Å². The summed E-state index contributed by atoms with van der Waals surface area (Å²) in [5.74, 6) is 0. The molecular weight excluding hydrogens is 178 g/mol. The minimum Gasteiger partial charge on any atom is -0.394 e. The molecule has 0 spiro atoms. The first kappa shape index (κ1) is 11.2. The molecule has 0 aliphatic carbocycles. The largest absolute Gasteiger partial charge is 0.394 e. The monoisotopic (exact) mass is 197 g/mol. The molecule has 0 radical (unpaired) electrons.